The highest BCUT2D eigenvalue weighted by Crippen LogP contribution is 2.22. The van der Waals surface area contributed by atoms with Gasteiger partial charge in [-0.15, -0.1) is 0 Å². The number of rotatable bonds is 8. The Morgan fingerprint density at radius 1 is 1.00 bits per heavy atom. The number of hydrogen-bond donors (Lipinski definition) is 3. The second-order valence-corrected chi connectivity index (χ2v) is 9.73. The molecule has 0 aliphatic carbocycles. The number of piperidine rings is 1. The van der Waals surface area contributed by atoms with Crippen LogP contribution in [-0.4, -0.2) is 40.5 Å². The minimum absolute atomic E-state index is 0.133. The minimum Gasteiger partial charge on any atom is -0.352 e. The van der Waals surface area contributed by atoms with E-state index in [1.807, 2.05) is 26.0 Å². The van der Waals surface area contributed by atoms with Gasteiger partial charge in [-0.2, -0.15) is 0 Å². The van der Waals surface area contributed by atoms with Gasteiger partial charge >= 0.3 is 0 Å². The first kappa shape index (κ1) is 22.3. The fourth-order valence-electron chi connectivity index (χ4n) is 3.79. The summed E-state index contributed by atoms with van der Waals surface area (Å²) >= 11 is 0. The molecular weight excluding hydrogens is 398 g/mol. The van der Waals surface area contributed by atoms with Crippen molar-refractivity contribution in [3.63, 3.8) is 0 Å². The molecule has 1 amide bonds. The quantitative estimate of drug-likeness (QED) is 0.562. The van der Waals surface area contributed by atoms with Crippen molar-refractivity contribution in [2.45, 2.75) is 44.4 Å². The number of aryl methyl sites for hydroxylation is 1. The predicted molar refractivity (Wildman–Crippen MR) is 120 cm³/mol. The maximum atomic E-state index is 12.7. The van der Waals surface area contributed by atoms with Gasteiger partial charge in [0.2, 0.25) is 0 Å². The number of likely N-dealkylation sites (tertiary alicyclic amines) is 1. The lowest BCUT2D eigenvalue weighted by molar-refractivity contribution is -0.904. The number of hydrogen-bond acceptors (Lipinski definition) is 3. The molecule has 0 spiro atoms. The maximum Gasteiger partial charge on any atom is 0.261 e. The van der Waals surface area contributed by atoms with Gasteiger partial charge in [0.1, 0.15) is 0 Å². The summed E-state index contributed by atoms with van der Waals surface area (Å²) < 4.78 is 28.0. The van der Waals surface area contributed by atoms with Gasteiger partial charge in [-0.3, -0.25) is 9.52 Å². The molecule has 162 valence electrons. The van der Waals surface area contributed by atoms with E-state index in [1.54, 1.807) is 23.1 Å². The molecule has 0 aromatic heterocycles. The van der Waals surface area contributed by atoms with Crippen LogP contribution in [-0.2, 0) is 10.0 Å². The zero-order valence-corrected chi connectivity index (χ0v) is 18.6. The van der Waals surface area contributed by atoms with Crippen molar-refractivity contribution in [2.24, 2.45) is 0 Å². The van der Waals surface area contributed by atoms with E-state index >= 15 is 0 Å². The smallest absolute Gasteiger partial charge is 0.261 e. The van der Waals surface area contributed by atoms with Crippen LogP contribution in [0, 0.1) is 13.8 Å². The van der Waals surface area contributed by atoms with Crippen LogP contribution < -0.4 is 14.9 Å². The first-order chi connectivity index (χ1) is 14.4. The molecule has 3 N–H and O–H groups in total. The van der Waals surface area contributed by atoms with Gasteiger partial charge in [-0.1, -0.05) is 12.1 Å². The molecule has 0 atom stereocenters. The summed E-state index contributed by atoms with van der Waals surface area (Å²) in [5.74, 6) is -0.171. The molecule has 2 aromatic carbocycles. The van der Waals surface area contributed by atoms with E-state index in [-0.39, 0.29) is 10.8 Å². The molecule has 7 heteroatoms. The molecule has 1 aliphatic heterocycles. The van der Waals surface area contributed by atoms with Crippen molar-refractivity contribution in [2.75, 3.05) is 30.9 Å². The average Bonchev–Trinajstić information content (AvgIpc) is 2.75. The third-order valence-corrected chi connectivity index (χ3v) is 7.21. The fourth-order valence-corrected chi connectivity index (χ4v) is 4.92. The standard InChI is InChI=1S/C23H31N3O3S/c1-18-8-6-9-22(19(18)2)25-30(28,29)21-12-10-20(11-13-21)23(27)24-14-7-17-26-15-4-3-5-16-26/h6,8-13,25H,3-5,7,14-17H2,1-2H3,(H,24,27)/p+1. The average molecular weight is 431 g/mol. The lowest BCUT2D eigenvalue weighted by atomic mass is 10.1. The highest BCUT2D eigenvalue weighted by molar-refractivity contribution is 7.92. The summed E-state index contributed by atoms with van der Waals surface area (Å²) in [4.78, 5) is 14.1. The fraction of sp³-hybridized carbons (Fsp3) is 0.435. The zero-order valence-electron chi connectivity index (χ0n) is 17.8. The number of benzene rings is 2. The van der Waals surface area contributed by atoms with E-state index < -0.39 is 10.0 Å². The summed E-state index contributed by atoms with van der Waals surface area (Å²) in [6, 6.07) is 11.6. The normalized spacial score (nSPS) is 15.0. The zero-order chi connectivity index (χ0) is 21.6. The van der Waals surface area contributed by atoms with Crippen molar-refractivity contribution in [1.82, 2.24) is 5.32 Å². The van der Waals surface area contributed by atoms with Gasteiger partial charge < -0.3 is 10.2 Å². The number of carbonyl (C=O) groups excluding carboxylic acids is 1. The van der Waals surface area contributed by atoms with Gasteiger partial charge in [-0.05, 0) is 74.6 Å². The third-order valence-electron chi connectivity index (χ3n) is 5.83. The van der Waals surface area contributed by atoms with E-state index in [4.69, 9.17) is 0 Å². The van der Waals surface area contributed by atoms with Crippen molar-refractivity contribution >= 4 is 21.6 Å². The minimum atomic E-state index is -3.71. The highest BCUT2D eigenvalue weighted by atomic mass is 32.2. The highest BCUT2D eigenvalue weighted by Gasteiger charge is 2.17. The largest absolute Gasteiger partial charge is 0.352 e. The lowest BCUT2D eigenvalue weighted by Crippen LogP contribution is -3.12. The Kier molecular flexibility index (Phi) is 7.50. The van der Waals surface area contributed by atoms with Crippen LogP contribution in [0.3, 0.4) is 0 Å². The van der Waals surface area contributed by atoms with E-state index in [1.165, 1.54) is 44.5 Å². The van der Waals surface area contributed by atoms with Crippen LogP contribution in [0.15, 0.2) is 47.4 Å². The molecule has 0 unspecified atom stereocenters. The van der Waals surface area contributed by atoms with Crippen LogP contribution in [0.25, 0.3) is 0 Å². The van der Waals surface area contributed by atoms with Gasteiger partial charge in [0, 0.05) is 18.5 Å². The Morgan fingerprint density at radius 2 is 1.70 bits per heavy atom. The maximum absolute atomic E-state index is 12.7. The number of anilines is 1. The Bertz CT molecular complexity index is 966. The summed E-state index contributed by atoms with van der Waals surface area (Å²) in [6.07, 6.45) is 4.89. The first-order valence-corrected chi connectivity index (χ1v) is 12.2. The summed E-state index contributed by atoms with van der Waals surface area (Å²) in [5, 5.41) is 2.93. The Labute approximate surface area is 179 Å². The lowest BCUT2D eigenvalue weighted by Gasteiger charge is -2.23. The number of quaternary nitrogens is 1. The molecule has 2 aromatic rings. The van der Waals surface area contributed by atoms with Crippen molar-refractivity contribution in [3.8, 4) is 0 Å². The van der Waals surface area contributed by atoms with Crippen molar-refractivity contribution in [3.05, 3.63) is 59.2 Å². The molecule has 0 radical (unpaired) electrons. The molecule has 0 saturated carbocycles. The molecule has 1 aliphatic rings. The van der Waals surface area contributed by atoms with E-state index in [2.05, 4.69) is 10.0 Å². The van der Waals surface area contributed by atoms with E-state index in [0.29, 0.717) is 17.8 Å². The van der Waals surface area contributed by atoms with Gasteiger partial charge in [0.25, 0.3) is 15.9 Å². The molecule has 1 fully saturated rings. The molecule has 30 heavy (non-hydrogen) atoms. The van der Waals surface area contributed by atoms with Crippen LogP contribution >= 0.6 is 0 Å². The molecule has 1 heterocycles. The summed E-state index contributed by atoms with van der Waals surface area (Å²) in [7, 11) is -3.71. The van der Waals surface area contributed by atoms with E-state index in [9.17, 15) is 13.2 Å². The summed E-state index contributed by atoms with van der Waals surface area (Å²) in [5.41, 5.74) is 2.94. The van der Waals surface area contributed by atoms with E-state index in [0.717, 1.165) is 24.1 Å². The SMILES string of the molecule is Cc1cccc(NS(=O)(=O)c2ccc(C(=O)NCCC[NH+]3CCCCC3)cc2)c1C. The van der Waals surface area contributed by atoms with Crippen molar-refractivity contribution < 1.29 is 18.1 Å². The number of nitrogens with one attached hydrogen (secondary N) is 3. The molecule has 6 nitrogen and oxygen atoms in total. The van der Waals surface area contributed by atoms with Crippen LogP contribution in [0.4, 0.5) is 5.69 Å². The molecule has 1 saturated heterocycles. The van der Waals surface area contributed by atoms with Gasteiger partial charge in [-0.25, -0.2) is 8.42 Å². The monoisotopic (exact) mass is 430 g/mol. The van der Waals surface area contributed by atoms with Gasteiger partial charge in [0.15, 0.2) is 0 Å². The van der Waals surface area contributed by atoms with Crippen LogP contribution in [0.5, 0.6) is 0 Å². The Morgan fingerprint density at radius 3 is 2.40 bits per heavy atom. The van der Waals surface area contributed by atoms with Crippen LogP contribution in [0.1, 0.15) is 47.2 Å². The number of carbonyl (C=O) groups is 1. The second kappa shape index (κ2) is 10.1. The number of amides is 1. The molecule has 0 bridgehead atoms. The van der Waals surface area contributed by atoms with Crippen LogP contribution in [0.2, 0.25) is 0 Å². The number of sulfonamides is 1. The van der Waals surface area contributed by atoms with Crippen molar-refractivity contribution in [1.29, 1.82) is 0 Å². The van der Waals surface area contributed by atoms with Gasteiger partial charge in [0.05, 0.1) is 30.2 Å². The third kappa shape index (κ3) is 5.83. The predicted octanol–water partition coefficient (Wildman–Crippen LogP) is 2.29. The topological polar surface area (TPSA) is 79.7 Å². The molecule has 3 rings (SSSR count). The second-order valence-electron chi connectivity index (χ2n) is 8.05. The Hall–Kier alpha value is -2.38. The first-order valence-electron chi connectivity index (χ1n) is 10.7. The Balaban J connectivity index is 1.54. The summed E-state index contributed by atoms with van der Waals surface area (Å²) in [6.45, 7) is 8.01. The molecular formula is C23H32N3O3S+.